The summed E-state index contributed by atoms with van der Waals surface area (Å²) >= 11 is 1.58. The number of H-pyrrole nitrogens is 1. The zero-order chi connectivity index (χ0) is 15.4. The van der Waals surface area contributed by atoms with Crippen molar-refractivity contribution in [2.75, 3.05) is 6.61 Å². The molecule has 3 N–H and O–H groups in total. The van der Waals surface area contributed by atoms with Gasteiger partial charge in [0, 0.05) is 29.8 Å². The van der Waals surface area contributed by atoms with Gasteiger partial charge in [-0.3, -0.25) is 4.79 Å². The maximum Gasteiger partial charge on any atom is 0.267 e. The molecule has 2 aromatic rings. The lowest BCUT2D eigenvalue weighted by atomic mass is 10.0. The molecule has 0 spiro atoms. The van der Waals surface area contributed by atoms with Crippen molar-refractivity contribution in [3.8, 4) is 11.3 Å². The zero-order valence-electron chi connectivity index (χ0n) is 12.5. The molecular formula is C15H21N3O2S. The Morgan fingerprint density at radius 3 is 2.86 bits per heavy atom. The number of aliphatic hydroxyl groups is 1. The molecule has 0 aromatic carbocycles. The molecule has 0 aliphatic heterocycles. The van der Waals surface area contributed by atoms with Gasteiger partial charge in [-0.25, -0.2) is 4.98 Å². The molecule has 0 saturated carbocycles. The van der Waals surface area contributed by atoms with Gasteiger partial charge in [-0.15, -0.1) is 11.3 Å². The van der Waals surface area contributed by atoms with Crippen molar-refractivity contribution in [1.82, 2.24) is 15.3 Å². The minimum Gasteiger partial charge on any atom is -0.396 e. The molecule has 114 valence electrons. The number of aliphatic hydroxyl groups excluding tert-OH is 1. The standard InChI is InChI=1S/C15H21N3O2S/c1-9(2)12(4-5-19)18-15(20)13-6-11(7-16-13)14-8-21-10(3)17-14/h6-9,12,16,19H,4-5H2,1-3H3,(H,18,20). The number of amides is 1. The molecule has 2 aromatic heterocycles. The minimum absolute atomic E-state index is 0.0317. The van der Waals surface area contributed by atoms with Crippen molar-refractivity contribution in [2.45, 2.75) is 33.2 Å². The predicted octanol–water partition coefficient (Wildman–Crippen LogP) is 2.58. The van der Waals surface area contributed by atoms with E-state index in [2.05, 4.69) is 15.3 Å². The summed E-state index contributed by atoms with van der Waals surface area (Å²) in [5.74, 6) is 0.122. The molecule has 2 rings (SSSR count). The molecule has 0 aliphatic carbocycles. The van der Waals surface area contributed by atoms with E-state index in [-0.39, 0.29) is 24.5 Å². The topological polar surface area (TPSA) is 78.0 Å². The molecule has 0 radical (unpaired) electrons. The van der Waals surface area contributed by atoms with Gasteiger partial charge in [0.1, 0.15) is 5.69 Å². The molecule has 1 amide bonds. The monoisotopic (exact) mass is 307 g/mol. The predicted molar refractivity (Wildman–Crippen MR) is 84.4 cm³/mol. The van der Waals surface area contributed by atoms with Crippen LogP contribution in [0.15, 0.2) is 17.6 Å². The molecule has 0 bridgehead atoms. The quantitative estimate of drug-likeness (QED) is 0.767. The van der Waals surface area contributed by atoms with Crippen LogP contribution in [0.3, 0.4) is 0 Å². The van der Waals surface area contributed by atoms with Crippen LogP contribution in [0.2, 0.25) is 0 Å². The summed E-state index contributed by atoms with van der Waals surface area (Å²) in [6.07, 6.45) is 2.35. The molecule has 2 heterocycles. The van der Waals surface area contributed by atoms with Crippen molar-refractivity contribution in [3.63, 3.8) is 0 Å². The first-order chi connectivity index (χ1) is 10.0. The molecule has 0 fully saturated rings. The number of aryl methyl sites for hydroxylation is 1. The number of rotatable bonds is 6. The highest BCUT2D eigenvalue weighted by Gasteiger charge is 2.18. The summed E-state index contributed by atoms with van der Waals surface area (Å²) < 4.78 is 0. The van der Waals surface area contributed by atoms with Gasteiger partial charge in [-0.1, -0.05) is 13.8 Å². The Morgan fingerprint density at radius 2 is 2.29 bits per heavy atom. The maximum absolute atomic E-state index is 12.2. The third-order valence-electron chi connectivity index (χ3n) is 3.40. The van der Waals surface area contributed by atoms with E-state index in [1.165, 1.54) is 0 Å². The first-order valence-corrected chi connectivity index (χ1v) is 7.92. The second-order valence-electron chi connectivity index (χ2n) is 5.39. The lowest BCUT2D eigenvalue weighted by molar-refractivity contribution is 0.0912. The summed E-state index contributed by atoms with van der Waals surface area (Å²) in [5, 5.41) is 15.0. The minimum atomic E-state index is -0.152. The van der Waals surface area contributed by atoms with Crippen LogP contribution in [0, 0.1) is 12.8 Å². The molecule has 5 nitrogen and oxygen atoms in total. The van der Waals surface area contributed by atoms with Gasteiger partial charge in [0.15, 0.2) is 0 Å². The number of aromatic amines is 1. The third-order valence-corrected chi connectivity index (χ3v) is 4.18. The largest absolute Gasteiger partial charge is 0.396 e. The van der Waals surface area contributed by atoms with E-state index in [0.717, 1.165) is 16.3 Å². The Balaban J connectivity index is 2.08. The van der Waals surface area contributed by atoms with E-state index in [0.29, 0.717) is 12.1 Å². The number of carbonyl (C=O) groups is 1. The molecule has 1 atom stereocenters. The molecule has 6 heteroatoms. The maximum atomic E-state index is 12.2. The number of hydrogen-bond donors (Lipinski definition) is 3. The van der Waals surface area contributed by atoms with Crippen LogP contribution in [0.25, 0.3) is 11.3 Å². The third kappa shape index (κ3) is 3.92. The Hall–Kier alpha value is -1.66. The second-order valence-corrected chi connectivity index (χ2v) is 6.45. The van der Waals surface area contributed by atoms with Gasteiger partial charge < -0.3 is 15.4 Å². The van der Waals surface area contributed by atoms with E-state index in [1.54, 1.807) is 23.6 Å². The fourth-order valence-electron chi connectivity index (χ4n) is 2.13. The SMILES string of the molecule is Cc1nc(-c2c[nH]c(C(=O)NC(CCO)C(C)C)c2)cs1. The van der Waals surface area contributed by atoms with Crippen LogP contribution in [-0.4, -0.2) is 33.6 Å². The number of aromatic nitrogens is 2. The van der Waals surface area contributed by atoms with Gasteiger partial charge in [-0.2, -0.15) is 0 Å². The average Bonchev–Trinajstić information content (AvgIpc) is 3.06. The fraction of sp³-hybridized carbons (Fsp3) is 0.467. The van der Waals surface area contributed by atoms with Crippen molar-refractivity contribution in [3.05, 3.63) is 28.3 Å². The van der Waals surface area contributed by atoms with Gasteiger partial charge >= 0.3 is 0 Å². The Bertz CT molecular complexity index is 604. The van der Waals surface area contributed by atoms with E-state index in [4.69, 9.17) is 5.11 Å². The molecule has 0 saturated heterocycles. The van der Waals surface area contributed by atoms with Gasteiger partial charge in [0.05, 0.1) is 10.7 Å². The van der Waals surface area contributed by atoms with E-state index in [9.17, 15) is 4.79 Å². The van der Waals surface area contributed by atoms with Crippen molar-refractivity contribution >= 4 is 17.2 Å². The first-order valence-electron chi connectivity index (χ1n) is 7.04. The highest BCUT2D eigenvalue weighted by molar-refractivity contribution is 7.09. The summed E-state index contributed by atoms with van der Waals surface area (Å²) in [7, 11) is 0. The summed E-state index contributed by atoms with van der Waals surface area (Å²) in [5.41, 5.74) is 2.30. The lowest BCUT2D eigenvalue weighted by Crippen LogP contribution is -2.39. The van der Waals surface area contributed by atoms with Gasteiger partial charge in [-0.05, 0) is 25.3 Å². The number of thiazole rings is 1. The Morgan fingerprint density at radius 1 is 1.52 bits per heavy atom. The van der Waals surface area contributed by atoms with Crippen LogP contribution < -0.4 is 5.32 Å². The molecule has 21 heavy (non-hydrogen) atoms. The van der Waals surface area contributed by atoms with Gasteiger partial charge in [0.2, 0.25) is 0 Å². The lowest BCUT2D eigenvalue weighted by Gasteiger charge is -2.21. The van der Waals surface area contributed by atoms with Crippen LogP contribution in [0.1, 0.15) is 35.8 Å². The average molecular weight is 307 g/mol. The second kappa shape index (κ2) is 6.87. The summed E-state index contributed by atoms with van der Waals surface area (Å²) in [4.78, 5) is 19.6. The van der Waals surface area contributed by atoms with Crippen LogP contribution in [-0.2, 0) is 0 Å². The number of nitrogens with zero attached hydrogens (tertiary/aromatic N) is 1. The molecular weight excluding hydrogens is 286 g/mol. The van der Waals surface area contributed by atoms with Crippen LogP contribution in [0.4, 0.5) is 0 Å². The highest BCUT2D eigenvalue weighted by atomic mass is 32.1. The number of hydrogen-bond acceptors (Lipinski definition) is 4. The van der Waals surface area contributed by atoms with E-state index in [1.807, 2.05) is 26.2 Å². The number of carbonyl (C=O) groups excluding carboxylic acids is 1. The Labute approximate surface area is 128 Å². The van der Waals surface area contributed by atoms with E-state index >= 15 is 0 Å². The Kier molecular flexibility index (Phi) is 5.14. The van der Waals surface area contributed by atoms with Gasteiger partial charge in [0.25, 0.3) is 5.91 Å². The van der Waals surface area contributed by atoms with Crippen molar-refractivity contribution < 1.29 is 9.90 Å². The molecule has 0 aliphatic rings. The van der Waals surface area contributed by atoms with E-state index < -0.39 is 0 Å². The summed E-state index contributed by atoms with van der Waals surface area (Å²) in [6.45, 7) is 6.07. The summed E-state index contributed by atoms with van der Waals surface area (Å²) in [6, 6.07) is 1.77. The highest BCUT2D eigenvalue weighted by Crippen LogP contribution is 2.22. The van der Waals surface area contributed by atoms with Crippen LogP contribution >= 0.6 is 11.3 Å². The molecule has 1 unspecified atom stereocenters. The number of nitrogens with one attached hydrogen (secondary N) is 2. The van der Waals surface area contributed by atoms with Crippen molar-refractivity contribution in [2.24, 2.45) is 5.92 Å². The van der Waals surface area contributed by atoms with Crippen LogP contribution in [0.5, 0.6) is 0 Å². The first kappa shape index (κ1) is 15.7. The normalized spacial score (nSPS) is 12.6. The van der Waals surface area contributed by atoms with Crippen molar-refractivity contribution in [1.29, 1.82) is 0 Å². The fourth-order valence-corrected chi connectivity index (χ4v) is 2.75. The smallest absolute Gasteiger partial charge is 0.267 e. The zero-order valence-corrected chi connectivity index (χ0v) is 13.3.